The number of carboxylic acid groups (broad SMARTS) is 1. The number of carboxylic acids is 1. The fourth-order valence-corrected chi connectivity index (χ4v) is 2.05. The summed E-state index contributed by atoms with van der Waals surface area (Å²) in [6, 6.07) is 7.49. The number of para-hydroxylation sites is 1. The number of nitrogens with one attached hydrogen (secondary N) is 1. The maximum absolute atomic E-state index is 11.0. The van der Waals surface area contributed by atoms with Gasteiger partial charge in [0.2, 0.25) is 0 Å². The van der Waals surface area contributed by atoms with Crippen molar-refractivity contribution in [3.05, 3.63) is 29.8 Å². The van der Waals surface area contributed by atoms with E-state index in [9.17, 15) is 4.79 Å². The van der Waals surface area contributed by atoms with Gasteiger partial charge in [0, 0.05) is 5.56 Å². The van der Waals surface area contributed by atoms with E-state index < -0.39 is 11.5 Å². The molecule has 0 saturated carbocycles. The third kappa shape index (κ3) is 3.20. The molecular formula is C13H19NO3. The number of carbonyl (C=O) groups is 1. The molecule has 1 rings (SSSR count). The monoisotopic (exact) mass is 237 g/mol. The Kier molecular flexibility index (Phi) is 4.52. The molecule has 17 heavy (non-hydrogen) atoms. The first-order valence-corrected chi connectivity index (χ1v) is 5.64. The van der Waals surface area contributed by atoms with E-state index in [-0.39, 0.29) is 6.42 Å². The molecule has 0 aromatic heterocycles. The van der Waals surface area contributed by atoms with Gasteiger partial charge in [-0.15, -0.1) is 0 Å². The van der Waals surface area contributed by atoms with Crippen molar-refractivity contribution in [1.82, 2.24) is 5.32 Å². The Hall–Kier alpha value is -1.55. The van der Waals surface area contributed by atoms with E-state index in [4.69, 9.17) is 9.84 Å². The minimum atomic E-state index is -0.834. The Morgan fingerprint density at radius 3 is 2.65 bits per heavy atom. The number of aliphatic carboxylic acids is 1. The van der Waals surface area contributed by atoms with Crippen LogP contribution < -0.4 is 10.1 Å². The van der Waals surface area contributed by atoms with E-state index in [1.165, 1.54) is 0 Å². The van der Waals surface area contributed by atoms with E-state index >= 15 is 0 Å². The van der Waals surface area contributed by atoms with Crippen LogP contribution in [0.1, 0.15) is 25.8 Å². The van der Waals surface area contributed by atoms with Crippen LogP contribution in [0.15, 0.2) is 24.3 Å². The third-order valence-corrected chi connectivity index (χ3v) is 2.77. The molecule has 0 aliphatic carbocycles. The summed E-state index contributed by atoms with van der Waals surface area (Å²) in [5.41, 5.74) is 0.249. The molecule has 0 aliphatic rings. The molecule has 1 aromatic carbocycles. The van der Waals surface area contributed by atoms with Crippen molar-refractivity contribution in [2.24, 2.45) is 0 Å². The molecule has 0 bridgehead atoms. The second-order valence-corrected chi connectivity index (χ2v) is 4.13. The summed E-state index contributed by atoms with van der Waals surface area (Å²) in [4.78, 5) is 11.0. The SMILES string of the molecule is CCNC(C)(CC(=O)O)c1ccccc1OC. The largest absolute Gasteiger partial charge is 0.496 e. The molecule has 1 atom stereocenters. The molecule has 4 nitrogen and oxygen atoms in total. The molecule has 0 spiro atoms. The van der Waals surface area contributed by atoms with E-state index in [2.05, 4.69) is 5.32 Å². The summed E-state index contributed by atoms with van der Waals surface area (Å²) in [6.45, 7) is 4.53. The number of hydrogen-bond donors (Lipinski definition) is 2. The molecule has 0 radical (unpaired) electrons. The van der Waals surface area contributed by atoms with Gasteiger partial charge in [0.1, 0.15) is 5.75 Å². The van der Waals surface area contributed by atoms with Crippen molar-refractivity contribution in [1.29, 1.82) is 0 Å². The van der Waals surface area contributed by atoms with Gasteiger partial charge < -0.3 is 15.2 Å². The fourth-order valence-electron chi connectivity index (χ4n) is 2.05. The van der Waals surface area contributed by atoms with Gasteiger partial charge in [0.25, 0.3) is 0 Å². The lowest BCUT2D eigenvalue weighted by Gasteiger charge is -2.30. The zero-order valence-electron chi connectivity index (χ0n) is 10.5. The van der Waals surface area contributed by atoms with Crippen LogP contribution in [-0.4, -0.2) is 24.7 Å². The van der Waals surface area contributed by atoms with Crippen LogP contribution in [-0.2, 0) is 10.3 Å². The van der Waals surface area contributed by atoms with Gasteiger partial charge in [-0.2, -0.15) is 0 Å². The second kappa shape index (κ2) is 5.68. The van der Waals surface area contributed by atoms with Gasteiger partial charge in [-0.05, 0) is 19.5 Å². The lowest BCUT2D eigenvalue weighted by Crippen LogP contribution is -2.41. The van der Waals surface area contributed by atoms with Crippen molar-refractivity contribution < 1.29 is 14.6 Å². The normalized spacial score (nSPS) is 14.1. The molecule has 94 valence electrons. The van der Waals surface area contributed by atoms with Crippen LogP contribution >= 0.6 is 0 Å². The van der Waals surface area contributed by atoms with E-state index in [1.54, 1.807) is 7.11 Å². The average Bonchev–Trinajstić information content (AvgIpc) is 2.28. The Morgan fingerprint density at radius 1 is 1.47 bits per heavy atom. The lowest BCUT2D eigenvalue weighted by atomic mass is 9.87. The highest BCUT2D eigenvalue weighted by Crippen LogP contribution is 2.32. The standard InChI is InChI=1S/C13H19NO3/c1-4-14-13(2,9-12(15)16)10-7-5-6-8-11(10)17-3/h5-8,14H,4,9H2,1-3H3,(H,15,16). The molecule has 4 heteroatoms. The Bertz CT molecular complexity index is 392. The summed E-state index contributed by atoms with van der Waals surface area (Å²) in [7, 11) is 1.59. The topological polar surface area (TPSA) is 58.6 Å². The molecule has 0 saturated heterocycles. The maximum atomic E-state index is 11.0. The minimum absolute atomic E-state index is 0.0151. The fraction of sp³-hybridized carbons (Fsp3) is 0.462. The number of rotatable bonds is 6. The summed E-state index contributed by atoms with van der Waals surface area (Å²) in [6.07, 6.45) is 0.0151. The molecular weight excluding hydrogens is 218 g/mol. The number of benzene rings is 1. The van der Waals surface area contributed by atoms with Crippen LogP contribution in [0.3, 0.4) is 0 Å². The zero-order chi connectivity index (χ0) is 12.9. The predicted molar refractivity (Wildman–Crippen MR) is 66.3 cm³/mol. The Balaban J connectivity index is 3.16. The average molecular weight is 237 g/mol. The van der Waals surface area contributed by atoms with Gasteiger partial charge in [-0.1, -0.05) is 25.1 Å². The summed E-state index contributed by atoms with van der Waals surface area (Å²) < 4.78 is 5.29. The molecule has 0 heterocycles. The quantitative estimate of drug-likeness (QED) is 0.794. The highest BCUT2D eigenvalue weighted by molar-refractivity contribution is 5.69. The molecule has 0 aliphatic heterocycles. The van der Waals surface area contributed by atoms with Crippen molar-refractivity contribution in [3.8, 4) is 5.75 Å². The molecule has 1 aromatic rings. The maximum Gasteiger partial charge on any atom is 0.305 e. The van der Waals surface area contributed by atoms with Gasteiger partial charge >= 0.3 is 5.97 Å². The first kappa shape index (κ1) is 13.5. The van der Waals surface area contributed by atoms with E-state index in [0.29, 0.717) is 12.3 Å². The predicted octanol–water partition coefficient (Wildman–Crippen LogP) is 1.99. The van der Waals surface area contributed by atoms with Gasteiger partial charge in [-0.3, -0.25) is 4.79 Å². The Labute approximate surface area is 102 Å². The smallest absolute Gasteiger partial charge is 0.305 e. The summed E-state index contributed by atoms with van der Waals surface area (Å²) in [5.74, 6) is -0.128. The van der Waals surface area contributed by atoms with Crippen molar-refractivity contribution >= 4 is 5.97 Å². The van der Waals surface area contributed by atoms with Crippen LogP contribution in [0.25, 0.3) is 0 Å². The number of ether oxygens (including phenoxy) is 1. The van der Waals surface area contributed by atoms with Crippen LogP contribution in [0.4, 0.5) is 0 Å². The summed E-state index contributed by atoms with van der Waals surface area (Å²) >= 11 is 0. The highest BCUT2D eigenvalue weighted by atomic mass is 16.5. The van der Waals surface area contributed by atoms with E-state index in [0.717, 1.165) is 5.56 Å². The molecule has 1 unspecified atom stereocenters. The number of hydrogen-bond acceptors (Lipinski definition) is 3. The minimum Gasteiger partial charge on any atom is -0.496 e. The molecule has 0 amide bonds. The Morgan fingerprint density at radius 2 is 2.12 bits per heavy atom. The van der Waals surface area contributed by atoms with Crippen LogP contribution in [0.5, 0.6) is 5.75 Å². The first-order valence-electron chi connectivity index (χ1n) is 5.64. The van der Waals surface area contributed by atoms with Gasteiger partial charge in [0.15, 0.2) is 0 Å². The van der Waals surface area contributed by atoms with Crippen LogP contribution in [0.2, 0.25) is 0 Å². The summed E-state index contributed by atoms with van der Waals surface area (Å²) in [5, 5.41) is 12.2. The zero-order valence-corrected chi connectivity index (χ0v) is 10.5. The van der Waals surface area contributed by atoms with Gasteiger partial charge in [-0.25, -0.2) is 0 Å². The van der Waals surface area contributed by atoms with E-state index in [1.807, 2.05) is 38.1 Å². The molecule has 0 fully saturated rings. The second-order valence-electron chi connectivity index (χ2n) is 4.13. The van der Waals surface area contributed by atoms with Crippen molar-refractivity contribution in [3.63, 3.8) is 0 Å². The molecule has 2 N–H and O–H groups in total. The third-order valence-electron chi connectivity index (χ3n) is 2.77. The number of methoxy groups -OCH3 is 1. The van der Waals surface area contributed by atoms with Crippen LogP contribution in [0, 0.1) is 0 Å². The van der Waals surface area contributed by atoms with Crippen molar-refractivity contribution in [2.45, 2.75) is 25.8 Å². The first-order chi connectivity index (χ1) is 8.03. The highest BCUT2D eigenvalue weighted by Gasteiger charge is 2.31. The lowest BCUT2D eigenvalue weighted by molar-refractivity contribution is -0.138. The van der Waals surface area contributed by atoms with Gasteiger partial charge in [0.05, 0.1) is 19.1 Å². The van der Waals surface area contributed by atoms with Crippen molar-refractivity contribution in [2.75, 3.05) is 13.7 Å².